The van der Waals surface area contributed by atoms with Gasteiger partial charge in [-0.15, -0.1) is 0 Å². The third-order valence-electron chi connectivity index (χ3n) is 4.15. The van der Waals surface area contributed by atoms with Crippen molar-refractivity contribution >= 4 is 23.8 Å². The fourth-order valence-corrected chi connectivity index (χ4v) is 2.56. The first-order valence-corrected chi connectivity index (χ1v) is 10.3. The van der Waals surface area contributed by atoms with Gasteiger partial charge in [-0.2, -0.15) is 0 Å². The first-order chi connectivity index (χ1) is 13.4. The summed E-state index contributed by atoms with van der Waals surface area (Å²) in [6.07, 6.45) is 3.05. The number of hydrogen-bond donors (Lipinski definition) is 2. The van der Waals surface area contributed by atoms with Gasteiger partial charge in [0.05, 0.1) is 7.11 Å². The third kappa shape index (κ3) is 12.1. The monoisotopic (exact) mass is 414 g/mol. The number of carbonyl (C=O) groups is 4. The van der Waals surface area contributed by atoms with Crippen LogP contribution in [0.5, 0.6) is 0 Å². The standard InChI is InChI=1S/C21H38N2O6/c1-8-9-10-11-16(24)23-18(14(2)3)19(26)22-15(12-13-17(25)28-7)20(27)29-21(4,5)6/h14-15,18H,8-13H2,1-7H3,(H,22,26)(H,23,24)/t15-,18-/m0/s1. The Labute approximate surface area is 174 Å². The Morgan fingerprint density at radius 2 is 1.59 bits per heavy atom. The SMILES string of the molecule is CCCCCC(=O)N[C@H](C(=O)N[C@@H](CCC(=O)OC)C(=O)OC(C)(C)C)C(C)C. The Balaban J connectivity index is 5.16. The van der Waals surface area contributed by atoms with Gasteiger partial charge in [-0.25, -0.2) is 4.79 Å². The van der Waals surface area contributed by atoms with Gasteiger partial charge in [-0.1, -0.05) is 33.6 Å². The molecule has 168 valence electrons. The molecule has 0 saturated heterocycles. The first-order valence-electron chi connectivity index (χ1n) is 10.3. The quantitative estimate of drug-likeness (QED) is 0.375. The van der Waals surface area contributed by atoms with E-state index in [2.05, 4.69) is 15.4 Å². The molecule has 0 aromatic heterocycles. The van der Waals surface area contributed by atoms with E-state index in [1.165, 1.54) is 7.11 Å². The lowest BCUT2D eigenvalue weighted by atomic mass is 10.0. The number of unbranched alkanes of at least 4 members (excludes halogenated alkanes) is 2. The average molecular weight is 415 g/mol. The number of methoxy groups -OCH3 is 1. The molecule has 0 heterocycles. The maximum atomic E-state index is 12.8. The van der Waals surface area contributed by atoms with Crippen LogP contribution in [0.25, 0.3) is 0 Å². The Bertz CT molecular complexity index is 554. The number of rotatable bonds is 12. The smallest absolute Gasteiger partial charge is 0.329 e. The lowest BCUT2D eigenvalue weighted by molar-refractivity contribution is -0.159. The van der Waals surface area contributed by atoms with Crippen LogP contribution in [0.2, 0.25) is 0 Å². The van der Waals surface area contributed by atoms with Crippen LogP contribution in [0, 0.1) is 5.92 Å². The number of nitrogens with one attached hydrogen (secondary N) is 2. The molecule has 0 radical (unpaired) electrons. The molecule has 8 nitrogen and oxygen atoms in total. The topological polar surface area (TPSA) is 111 Å². The largest absolute Gasteiger partial charge is 0.469 e. The highest BCUT2D eigenvalue weighted by Crippen LogP contribution is 2.12. The second-order valence-electron chi connectivity index (χ2n) is 8.46. The fraction of sp³-hybridized carbons (Fsp3) is 0.810. The minimum absolute atomic E-state index is 0.0442. The Morgan fingerprint density at radius 3 is 2.07 bits per heavy atom. The molecule has 0 spiro atoms. The van der Waals surface area contributed by atoms with E-state index in [-0.39, 0.29) is 24.7 Å². The van der Waals surface area contributed by atoms with Crippen molar-refractivity contribution in [3.8, 4) is 0 Å². The lowest BCUT2D eigenvalue weighted by Gasteiger charge is -2.27. The molecule has 2 atom stereocenters. The van der Waals surface area contributed by atoms with E-state index in [1.54, 1.807) is 20.8 Å². The summed E-state index contributed by atoms with van der Waals surface area (Å²) in [5, 5.41) is 5.39. The number of amides is 2. The molecular weight excluding hydrogens is 376 g/mol. The van der Waals surface area contributed by atoms with Crippen molar-refractivity contribution in [1.82, 2.24) is 10.6 Å². The predicted octanol–water partition coefficient (Wildman–Crippen LogP) is 2.49. The second-order valence-corrected chi connectivity index (χ2v) is 8.46. The third-order valence-corrected chi connectivity index (χ3v) is 4.15. The van der Waals surface area contributed by atoms with E-state index in [4.69, 9.17) is 4.74 Å². The summed E-state index contributed by atoms with van der Waals surface area (Å²) in [5.41, 5.74) is -0.740. The minimum atomic E-state index is -1.01. The molecule has 0 bridgehead atoms. The second kappa shape index (κ2) is 13.2. The molecule has 8 heteroatoms. The van der Waals surface area contributed by atoms with Crippen molar-refractivity contribution in [3.05, 3.63) is 0 Å². The van der Waals surface area contributed by atoms with Gasteiger partial charge in [0.1, 0.15) is 17.7 Å². The van der Waals surface area contributed by atoms with E-state index in [1.807, 2.05) is 20.8 Å². The number of hydrogen-bond acceptors (Lipinski definition) is 6. The summed E-state index contributed by atoms with van der Waals surface area (Å²) in [4.78, 5) is 48.9. The Kier molecular flexibility index (Phi) is 12.2. The zero-order valence-electron chi connectivity index (χ0n) is 18.9. The molecule has 2 amide bonds. The minimum Gasteiger partial charge on any atom is -0.469 e. The maximum Gasteiger partial charge on any atom is 0.329 e. The van der Waals surface area contributed by atoms with Crippen LogP contribution in [0.3, 0.4) is 0 Å². The highest BCUT2D eigenvalue weighted by Gasteiger charge is 2.31. The summed E-state index contributed by atoms with van der Waals surface area (Å²) in [7, 11) is 1.26. The van der Waals surface area contributed by atoms with Crippen molar-refractivity contribution in [1.29, 1.82) is 0 Å². The molecule has 0 saturated carbocycles. The number of ether oxygens (including phenoxy) is 2. The molecular formula is C21H38N2O6. The Morgan fingerprint density at radius 1 is 0.966 bits per heavy atom. The van der Waals surface area contributed by atoms with Crippen LogP contribution in [-0.2, 0) is 28.7 Å². The van der Waals surface area contributed by atoms with E-state index in [0.29, 0.717) is 6.42 Å². The molecule has 0 aliphatic rings. The van der Waals surface area contributed by atoms with Gasteiger partial charge in [-0.3, -0.25) is 14.4 Å². The number of esters is 2. The average Bonchev–Trinajstić information content (AvgIpc) is 2.60. The van der Waals surface area contributed by atoms with Crippen LogP contribution in [0.4, 0.5) is 0 Å². The molecule has 0 unspecified atom stereocenters. The van der Waals surface area contributed by atoms with E-state index < -0.39 is 35.5 Å². The molecule has 0 aliphatic carbocycles. The summed E-state index contributed by atoms with van der Waals surface area (Å²) >= 11 is 0. The zero-order chi connectivity index (χ0) is 22.6. The highest BCUT2D eigenvalue weighted by molar-refractivity contribution is 5.91. The summed E-state index contributed by atoms with van der Waals surface area (Å²) < 4.78 is 9.97. The van der Waals surface area contributed by atoms with Gasteiger partial charge in [-0.05, 0) is 39.5 Å². The van der Waals surface area contributed by atoms with Crippen molar-refractivity contribution in [2.75, 3.05) is 7.11 Å². The zero-order valence-corrected chi connectivity index (χ0v) is 18.9. The highest BCUT2D eigenvalue weighted by atomic mass is 16.6. The van der Waals surface area contributed by atoms with E-state index in [0.717, 1.165) is 19.3 Å². The van der Waals surface area contributed by atoms with Crippen LogP contribution in [-0.4, -0.2) is 48.5 Å². The molecule has 0 fully saturated rings. The maximum absolute atomic E-state index is 12.8. The van der Waals surface area contributed by atoms with Crippen LogP contribution >= 0.6 is 0 Å². The van der Waals surface area contributed by atoms with Gasteiger partial charge in [0.2, 0.25) is 11.8 Å². The van der Waals surface area contributed by atoms with Gasteiger partial charge < -0.3 is 20.1 Å². The summed E-state index contributed by atoms with van der Waals surface area (Å²) in [6.45, 7) is 10.8. The predicted molar refractivity (Wildman–Crippen MR) is 110 cm³/mol. The van der Waals surface area contributed by atoms with Gasteiger partial charge >= 0.3 is 11.9 Å². The van der Waals surface area contributed by atoms with Crippen molar-refractivity contribution in [2.24, 2.45) is 5.92 Å². The fourth-order valence-electron chi connectivity index (χ4n) is 2.56. The van der Waals surface area contributed by atoms with Crippen molar-refractivity contribution < 1.29 is 28.7 Å². The van der Waals surface area contributed by atoms with Gasteiger partial charge in [0, 0.05) is 12.8 Å². The van der Waals surface area contributed by atoms with Crippen LogP contribution < -0.4 is 10.6 Å². The molecule has 29 heavy (non-hydrogen) atoms. The van der Waals surface area contributed by atoms with Crippen molar-refractivity contribution in [2.45, 2.75) is 97.8 Å². The first kappa shape index (κ1) is 26.9. The van der Waals surface area contributed by atoms with Gasteiger partial charge in [0.25, 0.3) is 0 Å². The van der Waals surface area contributed by atoms with Crippen molar-refractivity contribution in [3.63, 3.8) is 0 Å². The van der Waals surface area contributed by atoms with Crippen LogP contribution in [0.15, 0.2) is 0 Å². The summed E-state index contributed by atoms with van der Waals surface area (Å²) in [5.74, 6) is -1.98. The summed E-state index contributed by atoms with van der Waals surface area (Å²) in [6, 6.07) is -1.80. The Hall–Kier alpha value is -2.12. The molecule has 0 rings (SSSR count). The molecule has 0 aliphatic heterocycles. The van der Waals surface area contributed by atoms with E-state index in [9.17, 15) is 19.2 Å². The molecule has 2 N–H and O–H groups in total. The van der Waals surface area contributed by atoms with Crippen LogP contribution in [0.1, 0.15) is 80.1 Å². The molecule has 0 aromatic carbocycles. The lowest BCUT2D eigenvalue weighted by Crippen LogP contribution is -2.54. The normalized spacial score (nSPS) is 13.4. The van der Waals surface area contributed by atoms with Gasteiger partial charge in [0.15, 0.2) is 0 Å². The molecule has 0 aromatic rings. The number of carbonyl (C=O) groups excluding carboxylic acids is 4. The van der Waals surface area contributed by atoms with E-state index >= 15 is 0 Å².